The second-order valence-electron chi connectivity index (χ2n) is 8.32. The molecule has 0 aromatic heterocycles. The average Bonchev–Trinajstić information content (AvgIpc) is 2.85. The van der Waals surface area contributed by atoms with Crippen LogP contribution in [0, 0.1) is 0 Å². The van der Waals surface area contributed by atoms with Crippen LogP contribution in [0.1, 0.15) is 13.3 Å². The molecule has 0 amide bonds. The van der Waals surface area contributed by atoms with Crippen molar-refractivity contribution < 1.29 is 9.90 Å². The summed E-state index contributed by atoms with van der Waals surface area (Å²) in [5, 5.41) is 42.0. The maximum atomic E-state index is 10.3. The third-order valence-corrected chi connectivity index (χ3v) is 5.01. The Morgan fingerprint density at radius 1 is 0.400 bits per heavy atom. The molecule has 12 nitrogen and oxygen atoms in total. The fourth-order valence-electron chi connectivity index (χ4n) is 3.09. The third kappa shape index (κ3) is 33.1. The van der Waals surface area contributed by atoms with Gasteiger partial charge >= 0.3 is 5.97 Å². The summed E-state index contributed by atoms with van der Waals surface area (Å²) in [4.78, 5) is 10.3. The molecule has 0 atom stereocenters. The maximum Gasteiger partial charge on any atom is 0.317 e. The first-order valence-corrected chi connectivity index (χ1v) is 13.6. The number of aliphatic carboxylic acids is 1. The van der Waals surface area contributed by atoms with E-state index in [1.165, 1.54) is 6.42 Å². The van der Waals surface area contributed by atoms with Crippen molar-refractivity contribution in [1.29, 1.82) is 0 Å². The molecule has 0 saturated heterocycles. The van der Waals surface area contributed by atoms with Crippen molar-refractivity contribution in [1.82, 2.24) is 53.2 Å². The van der Waals surface area contributed by atoms with E-state index in [0.29, 0.717) is 6.54 Å². The highest BCUT2D eigenvalue weighted by atomic mass is 16.4. The molecule has 0 spiro atoms. The molecule has 0 heterocycles. The summed E-state index contributed by atoms with van der Waals surface area (Å²) < 4.78 is 0. The zero-order chi connectivity index (χ0) is 25.5. The van der Waals surface area contributed by atoms with Crippen molar-refractivity contribution in [2.24, 2.45) is 0 Å². The van der Waals surface area contributed by atoms with Gasteiger partial charge in [0.1, 0.15) is 0 Å². The van der Waals surface area contributed by atoms with E-state index in [1.807, 2.05) is 0 Å². The molecule has 0 aliphatic carbocycles. The van der Waals surface area contributed by atoms with Crippen LogP contribution in [0.15, 0.2) is 0 Å². The average molecular weight is 505 g/mol. The van der Waals surface area contributed by atoms with E-state index in [4.69, 9.17) is 5.11 Å². The van der Waals surface area contributed by atoms with Crippen LogP contribution < -0.4 is 53.2 Å². The number of carboxylic acids is 1. The summed E-state index contributed by atoms with van der Waals surface area (Å²) in [5.41, 5.74) is 0. The Morgan fingerprint density at radius 2 is 0.600 bits per heavy atom. The summed E-state index contributed by atoms with van der Waals surface area (Å²) in [5.74, 6) is -0.820. The topological polar surface area (TPSA) is 158 Å². The molecule has 0 saturated carbocycles. The first kappa shape index (κ1) is 34.1. The van der Waals surface area contributed by atoms with Crippen LogP contribution in [0.4, 0.5) is 0 Å². The quantitative estimate of drug-likeness (QED) is 0.0422. The fourth-order valence-corrected chi connectivity index (χ4v) is 3.09. The summed E-state index contributed by atoms with van der Waals surface area (Å²) in [6.07, 6.45) is 1.19. The molecule has 0 radical (unpaired) electrons. The monoisotopic (exact) mass is 504 g/mol. The van der Waals surface area contributed by atoms with Gasteiger partial charge in [0.15, 0.2) is 0 Å². The standard InChI is InChI=1S/C23H56N10O2/c1-2-3-24-4-5-25-6-7-26-8-9-27-10-11-28-12-13-29-14-15-30-16-17-31-18-19-32-20-21-33-22-23(34)35/h24-33H,2-22H2,1H3,(H,34,35). The molecule has 0 fully saturated rings. The van der Waals surface area contributed by atoms with Gasteiger partial charge in [-0.2, -0.15) is 0 Å². The third-order valence-electron chi connectivity index (χ3n) is 5.01. The molecule has 0 bridgehead atoms. The zero-order valence-corrected chi connectivity index (χ0v) is 22.2. The normalized spacial score (nSPS) is 11.3. The minimum Gasteiger partial charge on any atom is -0.480 e. The van der Waals surface area contributed by atoms with Gasteiger partial charge in [0.2, 0.25) is 0 Å². The van der Waals surface area contributed by atoms with Crippen molar-refractivity contribution in [3.05, 3.63) is 0 Å². The minimum atomic E-state index is -0.820. The molecule has 12 heteroatoms. The van der Waals surface area contributed by atoms with E-state index in [9.17, 15) is 4.79 Å². The smallest absolute Gasteiger partial charge is 0.317 e. The molecule has 0 aliphatic rings. The summed E-state index contributed by atoms with van der Waals surface area (Å²) in [6, 6.07) is 0. The van der Waals surface area contributed by atoms with Crippen LogP contribution in [0.3, 0.4) is 0 Å². The molecule has 35 heavy (non-hydrogen) atoms. The van der Waals surface area contributed by atoms with E-state index in [-0.39, 0.29) is 6.54 Å². The fraction of sp³-hybridized carbons (Fsp3) is 0.957. The van der Waals surface area contributed by atoms with Gasteiger partial charge in [-0.25, -0.2) is 0 Å². The van der Waals surface area contributed by atoms with Gasteiger partial charge in [0.05, 0.1) is 6.54 Å². The van der Waals surface area contributed by atoms with Crippen molar-refractivity contribution in [3.8, 4) is 0 Å². The van der Waals surface area contributed by atoms with Crippen molar-refractivity contribution in [2.45, 2.75) is 13.3 Å². The van der Waals surface area contributed by atoms with Crippen molar-refractivity contribution in [3.63, 3.8) is 0 Å². The number of rotatable bonds is 31. The lowest BCUT2D eigenvalue weighted by Gasteiger charge is -2.10. The predicted molar refractivity (Wildman–Crippen MR) is 147 cm³/mol. The molecular weight excluding hydrogens is 448 g/mol. The predicted octanol–water partition coefficient (Wildman–Crippen LogP) is -3.62. The van der Waals surface area contributed by atoms with Crippen LogP contribution >= 0.6 is 0 Å². The molecule has 0 unspecified atom stereocenters. The van der Waals surface area contributed by atoms with Gasteiger partial charge in [-0.3, -0.25) is 4.79 Å². The van der Waals surface area contributed by atoms with E-state index in [1.54, 1.807) is 0 Å². The maximum absolute atomic E-state index is 10.3. The number of carboxylic acid groups (broad SMARTS) is 1. The van der Waals surface area contributed by atoms with Gasteiger partial charge in [0.25, 0.3) is 0 Å². The van der Waals surface area contributed by atoms with Crippen molar-refractivity contribution in [2.75, 3.05) is 131 Å². The minimum absolute atomic E-state index is 0.0172. The largest absolute Gasteiger partial charge is 0.480 e. The van der Waals surface area contributed by atoms with Crippen LogP contribution in [-0.4, -0.2) is 142 Å². The Bertz CT molecular complexity index is 422. The molecule has 0 aliphatic heterocycles. The Kier molecular flexibility index (Phi) is 30.3. The molecule has 0 aromatic carbocycles. The second-order valence-corrected chi connectivity index (χ2v) is 8.32. The zero-order valence-electron chi connectivity index (χ0n) is 22.2. The van der Waals surface area contributed by atoms with E-state index in [0.717, 1.165) is 118 Å². The molecule has 11 N–H and O–H groups in total. The van der Waals surface area contributed by atoms with Crippen LogP contribution in [0.25, 0.3) is 0 Å². The van der Waals surface area contributed by atoms with Crippen LogP contribution in [-0.2, 0) is 4.79 Å². The van der Waals surface area contributed by atoms with Crippen LogP contribution in [0.2, 0.25) is 0 Å². The second kappa shape index (κ2) is 31.1. The van der Waals surface area contributed by atoms with E-state index >= 15 is 0 Å². The molecule has 0 rings (SSSR count). The molecule has 210 valence electrons. The first-order chi connectivity index (χ1) is 17.3. The summed E-state index contributed by atoms with van der Waals surface area (Å²) in [7, 11) is 0. The summed E-state index contributed by atoms with van der Waals surface area (Å²) in [6.45, 7) is 20.4. The number of carbonyl (C=O) groups is 1. The van der Waals surface area contributed by atoms with Gasteiger partial charge in [0, 0.05) is 118 Å². The number of nitrogens with one attached hydrogen (secondary N) is 10. The van der Waals surface area contributed by atoms with Gasteiger partial charge < -0.3 is 58.3 Å². The summed E-state index contributed by atoms with van der Waals surface area (Å²) >= 11 is 0. The van der Waals surface area contributed by atoms with E-state index < -0.39 is 5.97 Å². The molecular formula is C23H56N10O2. The lowest BCUT2D eigenvalue weighted by atomic mass is 10.4. The Morgan fingerprint density at radius 3 is 0.800 bits per heavy atom. The van der Waals surface area contributed by atoms with Gasteiger partial charge in [-0.15, -0.1) is 0 Å². The highest BCUT2D eigenvalue weighted by Gasteiger charge is 1.95. The van der Waals surface area contributed by atoms with E-state index in [2.05, 4.69) is 60.1 Å². The Labute approximate surface area is 213 Å². The molecule has 0 aromatic rings. The lowest BCUT2D eigenvalue weighted by molar-refractivity contribution is -0.135. The Hall–Kier alpha value is -0.930. The lowest BCUT2D eigenvalue weighted by Crippen LogP contribution is -2.38. The first-order valence-electron chi connectivity index (χ1n) is 13.6. The highest BCUT2D eigenvalue weighted by Crippen LogP contribution is 1.69. The highest BCUT2D eigenvalue weighted by molar-refractivity contribution is 5.68. The Balaban J connectivity index is 3.01. The van der Waals surface area contributed by atoms with Crippen LogP contribution in [0.5, 0.6) is 0 Å². The number of hydrogen-bond acceptors (Lipinski definition) is 11. The van der Waals surface area contributed by atoms with Crippen molar-refractivity contribution >= 4 is 5.97 Å². The number of hydrogen-bond donors (Lipinski definition) is 11. The van der Waals surface area contributed by atoms with Gasteiger partial charge in [-0.05, 0) is 13.0 Å². The van der Waals surface area contributed by atoms with Gasteiger partial charge in [-0.1, -0.05) is 6.92 Å². The SMILES string of the molecule is CCCNCCNCCNCCNCCNCCNCCNCCNCCNCCNCC(=O)O.